The van der Waals surface area contributed by atoms with Crippen molar-refractivity contribution in [3.63, 3.8) is 0 Å². The van der Waals surface area contributed by atoms with Crippen molar-refractivity contribution in [3.05, 3.63) is 27.7 Å². The smallest absolute Gasteiger partial charge is 0.120 e. The first-order chi connectivity index (χ1) is 6.89. The van der Waals surface area contributed by atoms with Gasteiger partial charge in [-0.05, 0) is 41.4 Å². The van der Waals surface area contributed by atoms with Crippen molar-refractivity contribution in [1.82, 2.24) is 0 Å². The van der Waals surface area contributed by atoms with E-state index in [0.717, 1.165) is 10.0 Å². The second-order valence-electron chi connectivity index (χ2n) is 5.42. The maximum Gasteiger partial charge on any atom is 0.120 e. The molecular weight excluding hydrogens is 252 g/mol. The first-order valence-electron chi connectivity index (χ1n) is 5.42. The number of hydrogen-bond acceptors (Lipinski definition) is 1. The molecule has 82 valence electrons. The molecule has 2 heteroatoms. The molecule has 0 spiro atoms. The Morgan fingerprint density at radius 3 is 2.33 bits per heavy atom. The zero-order chi connectivity index (χ0) is 11.2. The summed E-state index contributed by atoms with van der Waals surface area (Å²) in [5.41, 5.74) is 2.53. The van der Waals surface area contributed by atoms with E-state index in [1.54, 1.807) is 0 Å². The molecule has 1 aromatic carbocycles. The van der Waals surface area contributed by atoms with Crippen LogP contribution in [0.5, 0.6) is 5.75 Å². The number of phenols is 1. The molecule has 0 aliphatic heterocycles. The highest BCUT2D eigenvalue weighted by atomic mass is 79.9. The second-order valence-corrected chi connectivity index (χ2v) is 6.27. The fourth-order valence-corrected chi connectivity index (χ4v) is 2.80. The van der Waals surface area contributed by atoms with Crippen molar-refractivity contribution in [2.75, 3.05) is 0 Å². The Bertz CT molecular complexity index is 386. The van der Waals surface area contributed by atoms with Gasteiger partial charge in [-0.15, -0.1) is 0 Å². The lowest BCUT2D eigenvalue weighted by atomic mass is 9.85. The van der Waals surface area contributed by atoms with Crippen LogP contribution in [0.1, 0.15) is 50.7 Å². The van der Waals surface area contributed by atoms with Crippen LogP contribution in [0.25, 0.3) is 0 Å². The van der Waals surface area contributed by atoms with E-state index in [9.17, 15) is 5.11 Å². The number of phenolic OH excluding ortho intramolecular Hbond substituents is 1. The van der Waals surface area contributed by atoms with Gasteiger partial charge in [-0.2, -0.15) is 0 Å². The van der Waals surface area contributed by atoms with Crippen LogP contribution in [-0.2, 0) is 5.41 Å². The van der Waals surface area contributed by atoms with Gasteiger partial charge in [-0.3, -0.25) is 0 Å². The summed E-state index contributed by atoms with van der Waals surface area (Å²) in [7, 11) is 0. The number of rotatable bonds is 1. The van der Waals surface area contributed by atoms with E-state index in [2.05, 4.69) is 42.8 Å². The summed E-state index contributed by atoms with van der Waals surface area (Å²) in [6.07, 6.45) is 2.44. The van der Waals surface area contributed by atoms with Crippen LogP contribution < -0.4 is 0 Å². The van der Waals surface area contributed by atoms with Gasteiger partial charge in [-0.25, -0.2) is 0 Å². The molecular formula is C13H17BrO. The predicted octanol–water partition coefficient (Wildman–Crippen LogP) is 4.33. The van der Waals surface area contributed by atoms with Crippen molar-refractivity contribution in [3.8, 4) is 5.75 Å². The van der Waals surface area contributed by atoms with Crippen molar-refractivity contribution >= 4 is 15.9 Å². The van der Waals surface area contributed by atoms with Gasteiger partial charge >= 0.3 is 0 Å². The van der Waals surface area contributed by atoms with Gasteiger partial charge in [0.1, 0.15) is 5.75 Å². The van der Waals surface area contributed by atoms with Crippen molar-refractivity contribution < 1.29 is 5.11 Å². The molecule has 1 saturated carbocycles. The van der Waals surface area contributed by atoms with Gasteiger partial charge in [0.25, 0.3) is 0 Å². The SMILES string of the molecule is CC(C)(C)c1cc(C2CC2)c(O)cc1Br. The molecule has 2 rings (SSSR count). The highest BCUT2D eigenvalue weighted by Gasteiger charge is 2.29. The molecule has 15 heavy (non-hydrogen) atoms. The van der Waals surface area contributed by atoms with Gasteiger partial charge < -0.3 is 5.11 Å². The largest absolute Gasteiger partial charge is 0.508 e. The molecule has 1 fully saturated rings. The van der Waals surface area contributed by atoms with Gasteiger partial charge in [0.2, 0.25) is 0 Å². The summed E-state index contributed by atoms with van der Waals surface area (Å²) in [6, 6.07) is 4.01. The summed E-state index contributed by atoms with van der Waals surface area (Å²) in [5.74, 6) is 1.04. The van der Waals surface area contributed by atoms with E-state index in [4.69, 9.17) is 0 Å². The molecule has 1 aromatic rings. The van der Waals surface area contributed by atoms with Crippen LogP contribution >= 0.6 is 15.9 Å². The van der Waals surface area contributed by atoms with Crippen LogP contribution in [0, 0.1) is 0 Å². The van der Waals surface area contributed by atoms with Crippen LogP contribution in [0.2, 0.25) is 0 Å². The average Bonchev–Trinajstić information content (AvgIpc) is 2.84. The summed E-state index contributed by atoms with van der Waals surface area (Å²) >= 11 is 3.53. The average molecular weight is 269 g/mol. The number of benzene rings is 1. The molecule has 0 atom stereocenters. The Labute approximate surface area is 99.6 Å². The minimum Gasteiger partial charge on any atom is -0.508 e. The summed E-state index contributed by atoms with van der Waals surface area (Å²) in [4.78, 5) is 0. The number of halogens is 1. The van der Waals surface area contributed by atoms with Crippen molar-refractivity contribution in [1.29, 1.82) is 0 Å². The van der Waals surface area contributed by atoms with E-state index in [-0.39, 0.29) is 5.41 Å². The molecule has 0 aromatic heterocycles. The molecule has 0 radical (unpaired) electrons. The van der Waals surface area contributed by atoms with E-state index >= 15 is 0 Å². The highest BCUT2D eigenvalue weighted by Crippen LogP contribution is 2.46. The van der Waals surface area contributed by atoms with E-state index in [1.165, 1.54) is 18.4 Å². The molecule has 0 unspecified atom stereocenters. The fraction of sp³-hybridized carbons (Fsp3) is 0.538. The molecule has 0 heterocycles. The molecule has 1 N–H and O–H groups in total. The van der Waals surface area contributed by atoms with Crippen LogP contribution in [-0.4, -0.2) is 5.11 Å². The van der Waals surface area contributed by atoms with Crippen molar-refractivity contribution in [2.45, 2.75) is 44.9 Å². The van der Waals surface area contributed by atoms with Crippen molar-refractivity contribution in [2.24, 2.45) is 0 Å². The normalized spacial score (nSPS) is 16.8. The van der Waals surface area contributed by atoms with Gasteiger partial charge in [0.15, 0.2) is 0 Å². The highest BCUT2D eigenvalue weighted by molar-refractivity contribution is 9.10. The predicted molar refractivity (Wildman–Crippen MR) is 66.5 cm³/mol. The van der Waals surface area contributed by atoms with E-state index in [0.29, 0.717) is 11.7 Å². The molecule has 1 nitrogen and oxygen atoms in total. The lowest BCUT2D eigenvalue weighted by Gasteiger charge is -2.22. The maximum atomic E-state index is 9.86. The molecule has 0 amide bonds. The fourth-order valence-electron chi connectivity index (χ4n) is 1.88. The standard InChI is InChI=1S/C13H17BrO/c1-13(2,3)10-6-9(8-4-5-8)12(15)7-11(10)14/h6-8,15H,4-5H2,1-3H3. The quantitative estimate of drug-likeness (QED) is 0.804. The Morgan fingerprint density at radius 1 is 1.27 bits per heavy atom. The lowest BCUT2D eigenvalue weighted by Crippen LogP contribution is -2.12. The molecule has 1 aliphatic rings. The third kappa shape index (κ3) is 2.20. The van der Waals surface area contributed by atoms with Gasteiger partial charge in [0, 0.05) is 4.47 Å². The Hall–Kier alpha value is -0.500. The summed E-state index contributed by atoms with van der Waals surface area (Å²) < 4.78 is 1.01. The number of aromatic hydroxyl groups is 1. The van der Waals surface area contributed by atoms with E-state index < -0.39 is 0 Å². The minimum absolute atomic E-state index is 0.121. The maximum absolute atomic E-state index is 9.86. The zero-order valence-corrected chi connectivity index (χ0v) is 11.1. The summed E-state index contributed by atoms with van der Waals surface area (Å²) in [6.45, 7) is 6.59. The Morgan fingerprint density at radius 2 is 1.87 bits per heavy atom. The third-order valence-electron chi connectivity index (χ3n) is 2.94. The molecule has 0 bridgehead atoms. The van der Waals surface area contributed by atoms with Crippen LogP contribution in [0.3, 0.4) is 0 Å². The lowest BCUT2D eigenvalue weighted by molar-refractivity contribution is 0.466. The molecule has 1 aliphatic carbocycles. The Kier molecular flexibility index (Phi) is 2.58. The van der Waals surface area contributed by atoms with Crippen LogP contribution in [0.15, 0.2) is 16.6 Å². The molecule has 0 saturated heterocycles. The van der Waals surface area contributed by atoms with Crippen LogP contribution in [0.4, 0.5) is 0 Å². The number of hydrogen-bond donors (Lipinski definition) is 1. The first-order valence-corrected chi connectivity index (χ1v) is 6.22. The van der Waals surface area contributed by atoms with Gasteiger partial charge in [0.05, 0.1) is 0 Å². The monoisotopic (exact) mass is 268 g/mol. The van der Waals surface area contributed by atoms with Gasteiger partial charge in [-0.1, -0.05) is 42.8 Å². The Balaban J connectivity index is 2.51. The third-order valence-corrected chi connectivity index (χ3v) is 3.60. The minimum atomic E-state index is 0.121. The summed E-state index contributed by atoms with van der Waals surface area (Å²) in [5, 5.41) is 9.86. The topological polar surface area (TPSA) is 20.2 Å². The first kappa shape index (κ1) is 11.0. The zero-order valence-electron chi connectivity index (χ0n) is 9.47. The van der Waals surface area contributed by atoms with E-state index in [1.807, 2.05) is 6.07 Å². The second kappa shape index (κ2) is 3.51.